The maximum Gasteiger partial charge on any atom is 0.282 e. The molecule has 0 atom stereocenters. The van der Waals surface area contributed by atoms with Crippen molar-refractivity contribution in [2.75, 3.05) is 0 Å². The standard InChI is InChI=1S/C18H15NO2S2/c1-14-7-9-18(10-8-14)23(20,21)19-12-17-11-16(13-22-17)15-5-3-2-4-6-15/h2-13H,1H3/b19-12+. The van der Waals surface area contributed by atoms with Gasteiger partial charge in [-0.15, -0.1) is 11.3 Å². The highest BCUT2D eigenvalue weighted by atomic mass is 32.2. The average molecular weight is 341 g/mol. The lowest BCUT2D eigenvalue weighted by atomic mass is 10.1. The lowest BCUT2D eigenvalue weighted by molar-refractivity contribution is 0.598. The first-order valence-corrected chi connectivity index (χ1v) is 9.37. The van der Waals surface area contributed by atoms with Crippen LogP contribution < -0.4 is 0 Å². The Morgan fingerprint density at radius 3 is 2.35 bits per heavy atom. The first-order chi connectivity index (χ1) is 11.0. The van der Waals surface area contributed by atoms with Crippen LogP contribution in [-0.4, -0.2) is 14.6 Å². The second-order valence-electron chi connectivity index (χ2n) is 5.13. The van der Waals surface area contributed by atoms with Crippen LogP contribution in [0.15, 0.2) is 75.3 Å². The topological polar surface area (TPSA) is 46.5 Å². The van der Waals surface area contributed by atoms with Crippen LogP contribution in [0, 0.1) is 6.92 Å². The third-order valence-electron chi connectivity index (χ3n) is 3.36. The van der Waals surface area contributed by atoms with Crippen molar-refractivity contribution in [3.63, 3.8) is 0 Å². The number of benzene rings is 2. The summed E-state index contributed by atoms with van der Waals surface area (Å²) in [4.78, 5) is 1.01. The van der Waals surface area contributed by atoms with E-state index in [0.29, 0.717) is 0 Å². The number of aryl methyl sites for hydroxylation is 1. The Bertz CT molecular complexity index is 925. The van der Waals surface area contributed by atoms with E-state index < -0.39 is 10.0 Å². The van der Waals surface area contributed by atoms with E-state index in [0.717, 1.165) is 21.6 Å². The summed E-state index contributed by atoms with van der Waals surface area (Å²) in [6.07, 6.45) is 1.41. The number of nitrogens with zero attached hydrogens (tertiary/aromatic N) is 1. The summed E-state index contributed by atoms with van der Waals surface area (Å²) in [6.45, 7) is 1.91. The molecule has 0 aliphatic heterocycles. The van der Waals surface area contributed by atoms with Gasteiger partial charge >= 0.3 is 0 Å². The highest BCUT2D eigenvalue weighted by Gasteiger charge is 2.11. The lowest BCUT2D eigenvalue weighted by Gasteiger charge is -1.98. The van der Waals surface area contributed by atoms with Crippen molar-refractivity contribution in [3.8, 4) is 11.1 Å². The first kappa shape index (κ1) is 15.6. The third kappa shape index (κ3) is 3.75. The van der Waals surface area contributed by atoms with Crippen LogP contribution >= 0.6 is 11.3 Å². The third-order valence-corrected chi connectivity index (χ3v) is 5.48. The van der Waals surface area contributed by atoms with Gasteiger partial charge in [0.2, 0.25) is 0 Å². The summed E-state index contributed by atoms with van der Waals surface area (Å²) < 4.78 is 28.2. The SMILES string of the molecule is Cc1ccc(S(=O)(=O)/N=C/c2cc(-c3ccccc3)cs2)cc1. The normalized spacial score (nSPS) is 11.9. The van der Waals surface area contributed by atoms with Crippen molar-refractivity contribution in [1.29, 1.82) is 0 Å². The van der Waals surface area contributed by atoms with Gasteiger partial charge in [0.05, 0.1) is 11.1 Å². The van der Waals surface area contributed by atoms with E-state index in [1.807, 2.05) is 48.7 Å². The number of hydrogen-bond acceptors (Lipinski definition) is 3. The van der Waals surface area contributed by atoms with Crippen molar-refractivity contribution in [2.24, 2.45) is 4.40 Å². The molecule has 0 N–H and O–H groups in total. The van der Waals surface area contributed by atoms with Gasteiger partial charge < -0.3 is 0 Å². The Hall–Kier alpha value is -2.24. The molecule has 0 amide bonds. The summed E-state index contributed by atoms with van der Waals surface area (Å²) in [6, 6.07) is 18.6. The Labute approximate surface area is 140 Å². The number of rotatable bonds is 4. The average Bonchev–Trinajstić information content (AvgIpc) is 3.03. The van der Waals surface area contributed by atoms with E-state index in [-0.39, 0.29) is 4.90 Å². The molecule has 1 heterocycles. The molecule has 0 aliphatic carbocycles. The van der Waals surface area contributed by atoms with Gasteiger partial charge in [0.25, 0.3) is 10.0 Å². The molecule has 116 valence electrons. The van der Waals surface area contributed by atoms with Crippen LogP contribution in [0.25, 0.3) is 11.1 Å². The summed E-state index contributed by atoms with van der Waals surface area (Å²) >= 11 is 1.47. The van der Waals surface area contributed by atoms with Gasteiger partial charge in [0, 0.05) is 4.88 Å². The predicted octanol–water partition coefficient (Wildman–Crippen LogP) is 4.53. The van der Waals surface area contributed by atoms with Gasteiger partial charge in [0.1, 0.15) is 0 Å². The maximum absolute atomic E-state index is 12.2. The molecule has 3 aromatic rings. The molecule has 0 aliphatic rings. The van der Waals surface area contributed by atoms with Crippen LogP contribution in [0.5, 0.6) is 0 Å². The summed E-state index contributed by atoms with van der Waals surface area (Å²) in [5.41, 5.74) is 3.17. The lowest BCUT2D eigenvalue weighted by Crippen LogP contribution is -1.97. The Kier molecular flexibility index (Phi) is 4.41. The molecular formula is C18H15NO2S2. The van der Waals surface area contributed by atoms with Crippen molar-refractivity contribution in [1.82, 2.24) is 0 Å². The fraction of sp³-hybridized carbons (Fsp3) is 0.0556. The number of thiophene rings is 1. The van der Waals surface area contributed by atoms with Crippen LogP contribution in [0.3, 0.4) is 0 Å². The molecule has 3 nitrogen and oxygen atoms in total. The van der Waals surface area contributed by atoms with Crippen LogP contribution in [-0.2, 0) is 10.0 Å². The quantitative estimate of drug-likeness (QED) is 0.655. The predicted molar refractivity (Wildman–Crippen MR) is 95.7 cm³/mol. The minimum Gasteiger partial charge on any atom is -0.199 e. The second-order valence-corrected chi connectivity index (χ2v) is 7.70. The van der Waals surface area contributed by atoms with Gasteiger partial charge in [-0.05, 0) is 41.6 Å². The molecule has 1 aromatic heterocycles. The molecule has 2 aromatic carbocycles. The van der Waals surface area contributed by atoms with E-state index in [1.54, 1.807) is 24.3 Å². The summed E-state index contributed by atoms with van der Waals surface area (Å²) in [7, 11) is -3.65. The Morgan fingerprint density at radius 2 is 1.65 bits per heavy atom. The molecule has 23 heavy (non-hydrogen) atoms. The zero-order valence-electron chi connectivity index (χ0n) is 12.5. The number of hydrogen-bond donors (Lipinski definition) is 0. The fourth-order valence-electron chi connectivity index (χ4n) is 2.09. The van der Waals surface area contributed by atoms with E-state index in [1.165, 1.54) is 17.6 Å². The van der Waals surface area contributed by atoms with E-state index in [4.69, 9.17) is 0 Å². The molecule has 3 rings (SSSR count). The van der Waals surface area contributed by atoms with E-state index in [9.17, 15) is 8.42 Å². The second kappa shape index (κ2) is 6.48. The molecule has 5 heteroatoms. The number of sulfonamides is 1. The minimum atomic E-state index is -3.65. The highest BCUT2D eigenvalue weighted by molar-refractivity contribution is 7.90. The van der Waals surface area contributed by atoms with Gasteiger partial charge in [-0.3, -0.25) is 0 Å². The van der Waals surface area contributed by atoms with Crippen LogP contribution in [0.1, 0.15) is 10.4 Å². The van der Waals surface area contributed by atoms with E-state index >= 15 is 0 Å². The van der Waals surface area contributed by atoms with Crippen molar-refractivity contribution >= 4 is 27.6 Å². The van der Waals surface area contributed by atoms with Crippen LogP contribution in [0.2, 0.25) is 0 Å². The molecule has 0 unspecified atom stereocenters. The summed E-state index contributed by atoms with van der Waals surface area (Å²) in [5.74, 6) is 0. The Balaban J connectivity index is 1.83. The molecule has 0 radical (unpaired) electrons. The highest BCUT2D eigenvalue weighted by Crippen LogP contribution is 2.24. The Morgan fingerprint density at radius 1 is 0.957 bits per heavy atom. The van der Waals surface area contributed by atoms with Crippen LogP contribution in [0.4, 0.5) is 0 Å². The monoisotopic (exact) mass is 341 g/mol. The molecule has 0 saturated heterocycles. The molecule has 0 bridgehead atoms. The van der Waals surface area contributed by atoms with Gasteiger partial charge in [-0.2, -0.15) is 12.8 Å². The van der Waals surface area contributed by atoms with Crippen molar-refractivity contribution < 1.29 is 8.42 Å². The molecular weight excluding hydrogens is 326 g/mol. The minimum absolute atomic E-state index is 0.208. The largest absolute Gasteiger partial charge is 0.282 e. The fourth-order valence-corrected chi connectivity index (χ4v) is 3.79. The van der Waals surface area contributed by atoms with E-state index in [2.05, 4.69) is 4.40 Å². The maximum atomic E-state index is 12.2. The van der Waals surface area contributed by atoms with Crippen molar-refractivity contribution in [3.05, 3.63) is 76.5 Å². The molecule has 0 fully saturated rings. The van der Waals surface area contributed by atoms with Gasteiger partial charge in [-0.25, -0.2) is 0 Å². The van der Waals surface area contributed by atoms with Gasteiger partial charge in [0.15, 0.2) is 0 Å². The first-order valence-electron chi connectivity index (χ1n) is 7.05. The zero-order valence-corrected chi connectivity index (χ0v) is 14.1. The smallest absolute Gasteiger partial charge is 0.199 e. The van der Waals surface area contributed by atoms with Crippen molar-refractivity contribution in [2.45, 2.75) is 11.8 Å². The summed E-state index contributed by atoms with van der Waals surface area (Å²) in [5, 5.41) is 2.00. The molecule has 0 saturated carbocycles. The van der Waals surface area contributed by atoms with Gasteiger partial charge in [-0.1, -0.05) is 48.0 Å². The molecule has 0 spiro atoms. The zero-order chi connectivity index (χ0) is 16.3.